The van der Waals surface area contributed by atoms with Crippen molar-refractivity contribution in [3.05, 3.63) is 71.4 Å². The highest BCUT2D eigenvalue weighted by atomic mass is 19.1. The van der Waals surface area contributed by atoms with Gasteiger partial charge < -0.3 is 9.72 Å². The predicted octanol–water partition coefficient (Wildman–Crippen LogP) is 1.77. The minimum absolute atomic E-state index is 0.0929. The maximum Gasteiger partial charge on any atom is 0.262 e. The third-order valence-electron chi connectivity index (χ3n) is 4.50. The highest BCUT2D eigenvalue weighted by Gasteiger charge is 2.40. The average Bonchev–Trinajstić information content (AvgIpc) is 3.18. The van der Waals surface area contributed by atoms with Crippen LogP contribution in [0.5, 0.6) is 0 Å². The van der Waals surface area contributed by atoms with Crippen molar-refractivity contribution in [2.24, 2.45) is 0 Å². The standard InChI is InChI=1S/C19H15FN4O3/c1-11(24-18(26)14-4-2-3-5-15(14)19(24)27)17(25)21-8-13-10-23-9-12(20)6-7-16(23)22-13/h2-7,9-11H,8H2,1H3,(H,21,25). The molecule has 0 saturated heterocycles. The van der Waals surface area contributed by atoms with Gasteiger partial charge in [-0.2, -0.15) is 0 Å². The van der Waals surface area contributed by atoms with Gasteiger partial charge >= 0.3 is 0 Å². The SMILES string of the molecule is CC(C(=O)NCc1cn2cc(F)ccc2n1)N1C(=O)c2ccccc2C1=O. The van der Waals surface area contributed by atoms with E-state index >= 15 is 0 Å². The van der Waals surface area contributed by atoms with E-state index in [4.69, 9.17) is 0 Å². The molecular formula is C19H15FN4O3. The molecule has 0 spiro atoms. The van der Waals surface area contributed by atoms with Crippen LogP contribution in [0.2, 0.25) is 0 Å². The van der Waals surface area contributed by atoms with E-state index in [9.17, 15) is 18.8 Å². The van der Waals surface area contributed by atoms with Crippen molar-refractivity contribution in [3.8, 4) is 0 Å². The van der Waals surface area contributed by atoms with Gasteiger partial charge in [0.15, 0.2) is 0 Å². The number of hydrogen-bond donors (Lipinski definition) is 1. The normalized spacial score (nSPS) is 14.5. The molecular weight excluding hydrogens is 351 g/mol. The number of rotatable bonds is 4. The first-order valence-electron chi connectivity index (χ1n) is 8.33. The van der Waals surface area contributed by atoms with Gasteiger partial charge in [-0.3, -0.25) is 19.3 Å². The summed E-state index contributed by atoms with van der Waals surface area (Å²) in [4.78, 5) is 42.6. The summed E-state index contributed by atoms with van der Waals surface area (Å²) in [6.45, 7) is 1.59. The van der Waals surface area contributed by atoms with Crippen LogP contribution in [0.3, 0.4) is 0 Å². The molecule has 1 aliphatic heterocycles. The third kappa shape index (κ3) is 2.84. The molecule has 136 valence electrons. The molecule has 0 aliphatic carbocycles. The molecule has 0 saturated carbocycles. The van der Waals surface area contributed by atoms with E-state index in [0.717, 1.165) is 4.90 Å². The van der Waals surface area contributed by atoms with Crippen LogP contribution in [0.1, 0.15) is 33.3 Å². The summed E-state index contributed by atoms with van der Waals surface area (Å²) >= 11 is 0. The highest BCUT2D eigenvalue weighted by Crippen LogP contribution is 2.24. The molecule has 3 aromatic rings. The Bertz CT molecular complexity index is 1060. The van der Waals surface area contributed by atoms with Crippen molar-refractivity contribution in [1.82, 2.24) is 19.6 Å². The number of pyridine rings is 1. The molecule has 0 fully saturated rings. The zero-order valence-electron chi connectivity index (χ0n) is 14.3. The second-order valence-corrected chi connectivity index (χ2v) is 6.26. The fraction of sp³-hybridized carbons (Fsp3) is 0.158. The number of carbonyl (C=O) groups excluding carboxylic acids is 3. The van der Waals surface area contributed by atoms with Crippen LogP contribution in [-0.4, -0.2) is 38.0 Å². The molecule has 27 heavy (non-hydrogen) atoms. The van der Waals surface area contributed by atoms with E-state index in [1.54, 1.807) is 30.5 Å². The van der Waals surface area contributed by atoms with Crippen molar-refractivity contribution in [2.45, 2.75) is 19.5 Å². The lowest BCUT2D eigenvalue weighted by atomic mass is 10.1. The van der Waals surface area contributed by atoms with Gasteiger partial charge in [0.2, 0.25) is 5.91 Å². The highest BCUT2D eigenvalue weighted by molar-refractivity contribution is 6.22. The number of aromatic nitrogens is 2. The smallest absolute Gasteiger partial charge is 0.262 e. The molecule has 3 heterocycles. The van der Waals surface area contributed by atoms with Gasteiger partial charge in [-0.05, 0) is 31.2 Å². The quantitative estimate of drug-likeness (QED) is 0.714. The van der Waals surface area contributed by atoms with Crippen LogP contribution in [0.25, 0.3) is 5.65 Å². The summed E-state index contributed by atoms with van der Waals surface area (Å²) in [5.74, 6) is -1.84. The van der Waals surface area contributed by atoms with E-state index < -0.39 is 29.6 Å². The number of imidazole rings is 1. The van der Waals surface area contributed by atoms with Crippen molar-refractivity contribution < 1.29 is 18.8 Å². The Morgan fingerprint density at radius 3 is 2.44 bits per heavy atom. The average molecular weight is 366 g/mol. The Labute approximate surface area is 153 Å². The fourth-order valence-corrected chi connectivity index (χ4v) is 3.10. The van der Waals surface area contributed by atoms with Gasteiger partial charge in [-0.25, -0.2) is 9.37 Å². The Hall–Kier alpha value is -3.55. The Morgan fingerprint density at radius 2 is 1.78 bits per heavy atom. The lowest BCUT2D eigenvalue weighted by Gasteiger charge is -2.21. The molecule has 2 aromatic heterocycles. The third-order valence-corrected chi connectivity index (χ3v) is 4.50. The zero-order valence-corrected chi connectivity index (χ0v) is 14.3. The number of nitrogens with zero attached hydrogens (tertiary/aromatic N) is 3. The molecule has 3 amide bonds. The predicted molar refractivity (Wildman–Crippen MR) is 93.4 cm³/mol. The van der Waals surface area contributed by atoms with E-state index in [0.29, 0.717) is 22.5 Å². The van der Waals surface area contributed by atoms with E-state index in [1.807, 2.05) is 0 Å². The van der Waals surface area contributed by atoms with Gasteiger partial charge in [0, 0.05) is 12.4 Å². The van der Waals surface area contributed by atoms with Crippen LogP contribution in [-0.2, 0) is 11.3 Å². The largest absolute Gasteiger partial charge is 0.349 e. The lowest BCUT2D eigenvalue weighted by molar-refractivity contribution is -0.124. The molecule has 1 unspecified atom stereocenters. The topological polar surface area (TPSA) is 83.8 Å². The lowest BCUT2D eigenvalue weighted by Crippen LogP contribution is -2.47. The number of amides is 3. The molecule has 1 aromatic carbocycles. The fourth-order valence-electron chi connectivity index (χ4n) is 3.10. The molecule has 0 radical (unpaired) electrons. The maximum absolute atomic E-state index is 13.2. The number of nitrogens with one attached hydrogen (secondary N) is 1. The first-order chi connectivity index (χ1) is 13.0. The van der Waals surface area contributed by atoms with E-state index in [2.05, 4.69) is 10.3 Å². The Kier molecular flexibility index (Phi) is 3.95. The Balaban J connectivity index is 1.46. The van der Waals surface area contributed by atoms with Crippen LogP contribution >= 0.6 is 0 Å². The monoisotopic (exact) mass is 366 g/mol. The second-order valence-electron chi connectivity index (χ2n) is 6.26. The molecule has 1 N–H and O–H groups in total. The minimum atomic E-state index is -0.966. The summed E-state index contributed by atoms with van der Waals surface area (Å²) < 4.78 is 14.8. The van der Waals surface area contributed by atoms with Crippen LogP contribution in [0.15, 0.2) is 48.8 Å². The van der Waals surface area contributed by atoms with Crippen molar-refractivity contribution >= 4 is 23.4 Å². The van der Waals surface area contributed by atoms with Crippen molar-refractivity contribution in [1.29, 1.82) is 0 Å². The van der Waals surface area contributed by atoms with Crippen LogP contribution < -0.4 is 5.32 Å². The number of carbonyl (C=O) groups is 3. The molecule has 1 atom stereocenters. The number of halogens is 1. The molecule has 7 nitrogen and oxygen atoms in total. The van der Waals surface area contributed by atoms with Gasteiger partial charge in [0.05, 0.1) is 23.4 Å². The summed E-state index contributed by atoms with van der Waals surface area (Å²) in [5, 5.41) is 2.66. The number of imide groups is 1. The summed E-state index contributed by atoms with van der Waals surface area (Å²) in [5.41, 5.74) is 1.67. The molecule has 1 aliphatic rings. The van der Waals surface area contributed by atoms with Crippen LogP contribution in [0, 0.1) is 5.82 Å². The summed E-state index contributed by atoms with van der Waals surface area (Å²) in [6.07, 6.45) is 2.89. The molecule has 8 heteroatoms. The molecule has 0 bridgehead atoms. The maximum atomic E-state index is 13.2. The minimum Gasteiger partial charge on any atom is -0.349 e. The van der Waals surface area contributed by atoms with Gasteiger partial charge in [-0.15, -0.1) is 0 Å². The Morgan fingerprint density at radius 1 is 1.11 bits per heavy atom. The van der Waals surface area contributed by atoms with Gasteiger partial charge in [-0.1, -0.05) is 12.1 Å². The zero-order chi connectivity index (χ0) is 19.1. The van der Waals surface area contributed by atoms with E-state index in [-0.39, 0.29) is 6.54 Å². The summed E-state index contributed by atoms with van der Waals surface area (Å²) in [6, 6.07) is 8.34. The summed E-state index contributed by atoms with van der Waals surface area (Å²) in [7, 11) is 0. The first-order valence-corrected chi connectivity index (χ1v) is 8.33. The van der Waals surface area contributed by atoms with Crippen molar-refractivity contribution in [2.75, 3.05) is 0 Å². The number of hydrogen-bond acceptors (Lipinski definition) is 4. The van der Waals surface area contributed by atoms with Gasteiger partial charge in [0.1, 0.15) is 17.5 Å². The number of benzene rings is 1. The van der Waals surface area contributed by atoms with Gasteiger partial charge in [0.25, 0.3) is 11.8 Å². The van der Waals surface area contributed by atoms with Crippen molar-refractivity contribution in [3.63, 3.8) is 0 Å². The number of fused-ring (bicyclic) bond motifs is 2. The second kappa shape index (κ2) is 6.31. The van der Waals surface area contributed by atoms with Crippen LogP contribution in [0.4, 0.5) is 4.39 Å². The van der Waals surface area contributed by atoms with E-state index in [1.165, 1.54) is 29.7 Å². The molecule has 4 rings (SSSR count). The first kappa shape index (κ1) is 16.9.